The van der Waals surface area contributed by atoms with E-state index >= 15 is 0 Å². The first-order valence-corrected chi connectivity index (χ1v) is 6.42. The minimum Gasteiger partial charge on any atom is -0.375 e. The Morgan fingerprint density at radius 2 is 2.20 bits per heavy atom. The van der Waals surface area contributed by atoms with E-state index in [2.05, 4.69) is 0 Å². The molecule has 0 spiro atoms. The van der Waals surface area contributed by atoms with Gasteiger partial charge in [0.15, 0.2) is 0 Å². The smallest absolute Gasteiger partial charge is 0.375 e. The Morgan fingerprint density at radius 1 is 1.45 bits per heavy atom. The number of nitrogens with zero attached hydrogens (tertiary/aromatic N) is 1. The molecule has 1 unspecified atom stereocenters. The average Bonchev–Trinajstić information content (AvgIpc) is 2.38. The van der Waals surface area contributed by atoms with Crippen LogP contribution < -0.4 is 0 Å². The number of halogens is 3. The van der Waals surface area contributed by atoms with Crippen LogP contribution in [0, 0.1) is 0 Å². The summed E-state index contributed by atoms with van der Waals surface area (Å²) in [7, 11) is 0. The minimum atomic E-state index is -4.38. The molecule has 0 bridgehead atoms. The van der Waals surface area contributed by atoms with E-state index in [0.29, 0.717) is 25.3 Å². The average molecular weight is 287 g/mol. The minimum absolute atomic E-state index is 0.0172. The van der Waals surface area contributed by atoms with Crippen LogP contribution in [-0.4, -0.2) is 36.6 Å². The molecule has 20 heavy (non-hydrogen) atoms. The molecule has 1 aromatic carbocycles. The van der Waals surface area contributed by atoms with Crippen molar-refractivity contribution in [1.82, 2.24) is 4.90 Å². The third-order valence-corrected chi connectivity index (χ3v) is 3.20. The van der Waals surface area contributed by atoms with Gasteiger partial charge in [-0.05, 0) is 18.6 Å². The number of carbonyl (C=O) groups excluding carboxylic acids is 1. The maximum absolute atomic E-state index is 12.6. The summed E-state index contributed by atoms with van der Waals surface area (Å²) in [5.74, 6) is -0.167. The van der Waals surface area contributed by atoms with E-state index < -0.39 is 11.7 Å². The Balaban J connectivity index is 2.04. The molecular weight excluding hydrogens is 271 g/mol. The first-order valence-electron chi connectivity index (χ1n) is 6.42. The van der Waals surface area contributed by atoms with E-state index in [9.17, 15) is 18.0 Å². The van der Waals surface area contributed by atoms with Crippen LogP contribution >= 0.6 is 0 Å². The van der Waals surface area contributed by atoms with Crippen molar-refractivity contribution in [3.05, 3.63) is 35.4 Å². The van der Waals surface area contributed by atoms with Crippen molar-refractivity contribution in [1.29, 1.82) is 0 Å². The van der Waals surface area contributed by atoms with E-state index in [1.54, 1.807) is 4.90 Å². The third kappa shape index (κ3) is 3.72. The first-order chi connectivity index (χ1) is 9.36. The zero-order valence-corrected chi connectivity index (χ0v) is 11.1. The summed E-state index contributed by atoms with van der Waals surface area (Å²) in [4.78, 5) is 13.7. The van der Waals surface area contributed by atoms with E-state index in [1.165, 1.54) is 12.1 Å². The van der Waals surface area contributed by atoms with Crippen LogP contribution in [0.25, 0.3) is 0 Å². The Labute approximate surface area is 115 Å². The zero-order chi connectivity index (χ0) is 14.8. The van der Waals surface area contributed by atoms with E-state index in [4.69, 9.17) is 4.74 Å². The van der Waals surface area contributed by atoms with Gasteiger partial charge in [-0.3, -0.25) is 4.79 Å². The lowest BCUT2D eigenvalue weighted by Crippen LogP contribution is -2.45. The second kappa shape index (κ2) is 5.83. The highest BCUT2D eigenvalue weighted by atomic mass is 19.4. The molecule has 6 heteroatoms. The molecule has 1 amide bonds. The normalized spacial score (nSPS) is 20.0. The van der Waals surface area contributed by atoms with Crippen molar-refractivity contribution in [2.24, 2.45) is 0 Å². The van der Waals surface area contributed by atoms with Gasteiger partial charge < -0.3 is 9.64 Å². The number of morpholine rings is 1. The molecule has 2 rings (SSSR count). The Morgan fingerprint density at radius 3 is 2.85 bits per heavy atom. The Bertz CT molecular complexity index is 488. The number of amides is 1. The fourth-order valence-electron chi connectivity index (χ4n) is 2.19. The van der Waals surface area contributed by atoms with Crippen LogP contribution in [0.15, 0.2) is 24.3 Å². The summed E-state index contributed by atoms with van der Waals surface area (Å²) in [6.07, 6.45) is -4.43. The maximum Gasteiger partial charge on any atom is 0.416 e. The summed E-state index contributed by atoms with van der Waals surface area (Å²) in [6, 6.07) is 4.90. The van der Waals surface area contributed by atoms with Crippen molar-refractivity contribution >= 4 is 5.91 Å². The molecule has 1 fully saturated rings. The number of hydrogen-bond donors (Lipinski definition) is 0. The molecule has 1 aliphatic rings. The molecule has 0 aromatic heterocycles. The van der Waals surface area contributed by atoms with Gasteiger partial charge in [0.05, 0.1) is 24.7 Å². The highest BCUT2D eigenvalue weighted by Crippen LogP contribution is 2.29. The molecule has 0 radical (unpaired) electrons. The van der Waals surface area contributed by atoms with Crippen LogP contribution in [-0.2, 0) is 22.1 Å². The van der Waals surface area contributed by atoms with Crippen molar-refractivity contribution < 1.29 is 22.7 Å². The van der Waals surface area contributed by atoms with Gasteiger partial charge in [-0.15, -0.1) is 0 Å². The molecule has 1 aliphatic heterocycles. The molecular formula is C14H16F3NO2. The molecule has 110 valence electrons. The largest absolute Gasteiger partial charge is 0.416 e. The number of carbonyl (C=O) groups is 1. The van der Waals surface area contributed by atoms with E-state index in [-0.39, 0.29) is 18.4 Å². The summed E-state index contributed by atoms with van der Waals surface area (Å²) in [5, 5.41) is 0. The van der Waals surface area contributed by atoms with Gasteiger partial charge in [0.1, 0.15) is 0 Å². The second-order valence-corrected chi connectivity index (χ2v) is 4.90. The molecule has 0 saturated carbocycles. The second-order valence-electron chi connectivity index (χ2n) is 4.90. The number of ether oxygens (including phenoxy) is 1. The van der Waals surface area contributed by atoms with Crippen LogP contribution in [0.2, 0.25) is 0 Å². The summed E-state index contributed by atoms with van der Waals surface area (Å²) in [6.45, 7) is 3.30. The van der Waals surface area contributed by atoms with Crippen LogP contribution in [0.4, 0.5) is 13.2 Å². The van der Waals surface area contributed by atoms with Gasteiger partial charge in [-0.25, -0.2) is 0 Å². The number of benzene rings is 1. The summed E-state index contributed by atoms with van der Waals surface area (Å²) < 4.78 is 43.1. The van der Waals surface area contributed by atoms with Gasteiger partial charge in [-0.2, -0.15) is 13.2 Å². The molecule has 0 aliphatic carbocycles. The zero-order valence-electron chi connectivity index (χ0n) is 11.1. The van der Waals surface area contributed by atoms with Gasteiger partial charge in [0.25, 0.3) is 0 Å². The SMILES string of the molecule is CC1CN(C(=O)Cc2cccc(C(F)(F)F)c2)CCO1. The molecule has 3 nitrogen and oxygen atoms in total. The highest BCUT2D eigenvalue weighted by Gasteiger charge is 2.30. The molecule has 1 heterocycles. The number of rotatable bonds is 2. The maximum atomic E-state index is 12.6. The Hall–Kier alpha value is -1.56. The third-order valence-electron chi connectivity index (χ3n) is 3.20. The van der Waals surface area contributed by atoms with Gasteiger partial charge in [0, 0.05) is 13.1 Å². The molecule has 1 saturated heterocycles. The summed E-state index contributed by atoms with van der Waals surface area (Å²) >= 11 is 0. The topological polar surface area (TPSA) is 29.5 Å². The lowest BCUT2D eigenvalue weighted by atomic mass is 10.1. The van der Waals surface area contributed by atoms with E-state index in [1.807, 2.05) is 6.92 Å². The van der Waals surface area contributed by atoms with Gasteiger partial charge in [0.2, 0.25) is 5.91 Å². The quantitative estimate of drug-likeness (QED) is 0.836. The standard InChI is InChI=1S/C14H16F3NO2/c1-10-9-18(5-6-20-10)13(19)8-11-3-2-4-12(7-11)14(15,16)17/h2-4,7,10H,5-6,8-9H2,1H3. The van der Waals surface area contributed by atoms with Crippen molar-refractivity contribution in [2.75, 3.05) is 19.7 Å². The van der Waals surface area contributed by atoms with Crippen LogP contribution in [0.5, 0.6) is 0 Å². The fraction of sp³-hybridized carbons (Fsp3) is 0.500. The number of alkyl halides is 3. The van der Waals surface area contributed by atoms with Crippen molar-refractivity contribution in [3.63, 3.8) is 0 Å². The molecule has 1 aromatic rings. The van der Waals surface area contributed by atoms with Crippen LogP contribution in [0.1, 0.15) is 18.1 Å². The van der Waals surface area contributed by atoms with E-state index in [0.717, 1.165) is 12.1 Å². The van der Waals surface area contributed by atoms with Gasteiger partial charge >= 0.3 is 6.18 Å². The molecule has 1 atom stereocenters. The fourth-order valence-corrected chi connectivity index (χ4v) is 2.19. The van der Waals surface area contributed by atoms with Gasteiger partial charge in [-0.1, -0.05) is 18.2 Å². The summed E-state index contributed by atoms with van der Waals surface area (Å²) in [5.41, 5.74) is -0.345. The number of hydrogen-bond acceptors (Lipinski definition) is 2. The Kier molecular flexibility index (Phi) is 4.32. The highest BCUT2D eigenvalue weighted by molar-refractivity contribution is 5.79. The van der Waals surface area contributed by atoms with Crippen LogP contribution in [0.3, 0.4) is 0 Å². The van der Waals surface area contributed by atoms with Crippen molar-refractivity contribution in [2.45, 2.75) is 25.6 Å². The lowest BCUT2D eigenvalue weighted by Gasteiger charge is -2.31. The van der Waals surface area contributed by atoms with Crippen molar-refractivity contribution in [3.8, 4) is 0 Å². The lowest BCUT2D eigenvalue weighted by molar-refractivity contribution is -0.139. The predicted octanol–water partition coefficient (Wildman–Crippen LogP) is 2.50. The predicted molar refractivity (Wildman–Crippen MR) is 67.1 cm³/mol. The first kappa shape index (κ1) is 14.8. The molecule has 0 N–H and O–H groups in total. The monoisotopic (exact) mass is 287 g/mol.